The lowest BCUT2D eigenvalue weighted by Crippen LogP contribution is -2.40. The molecule has 0 aromatic carbocycles. The smallest absolute Gasteiger partial charge is 0.0645 e. The van der Waals surface area contributed by atoms with E-state index in [1.807, 2.05) is 6.92 Å². The van der Waals surface area contributed by atoms with Gasteiger partial charge >= 0.3 is 0 Å². The summed E-state index contributed by atoms with van der Waals surface area (Å²) in [5.41, 5.74) is -0.465. The molecule has 2 unspecified atom stereocenters. The van der Waals surface area contributed by atoms with E-state index in [-0.39, 0.29) is 6.10 Å². The molecule has 0 bridgehead atoms. The van der Waals surface area contributed by atoms with E-state index in [1.165, 1.54) is 19.3 Å². The van der Waals surface area contributed by atoms with Crippen LogP contribution in [0.3, 0.4) is 0 Å². The SMILES string of the molecule is C[C@@H]1CCCC(C2CC[C@@](C)(O)[C@@H](C)C2)C[C@@H]1O. The molecule has 0 spiro atoms. The third-order valence-electron chi connectivity index (χ3n) is 5.84. The second kappa shape index (κ2) is 5.50. The molecule has 2 aliphatic rings. The van der Waals surface area contributed by atoms with E-state index in [9.17, 15) is 10.2 Å². The lowest BCUT2D eigenvalue weighted by molar-refractivity contribution is -0.0507. The van der Waals surface area contributed by atoms with Gasteiger partial charge in [-0.2, -0.15) is 0 Å². The standard InChI is InChI=1S/C16H30O2/c1-11-5-4-6-13(10-15(11)17)14-7-8-16(3,18)12(2)9-14/h11-15,17-18H,4-10H2,1-3H3/t11-,12+,13?,14?,15+,16-/m1/s1. The topological polar surface area (TPSA) is 40.5 Å². The first kappa shape index (κ1) is 14.3. The zero-order valence-electron chi connectivity index (χ0n) is 12.2. The van der Waals surface area contributed by atoms with E-state index < -0.39 is 5.60 Å². The van der Waals surface area contributed by atoms with Gasteiger partial charge in [0, 0.05) is 0 Å². The maximum absolute atomic E-state index is 10.3. The maximum Gasteiger partial charge on any atom is 0.0645 e. The van der Waals surface area contributed by atoms with Crippen molar-refractivity contribution in [3.63, 3.8) is 0 Å². The molecule has 106 valence electrons. The van der Waals surface area contributed by atoms with Crippen LogP contribution in [0.25, 0.3) is 0 Å². The molecule has 2 aliphatic carbocycles. The molecular weight excluding hydrogens is 224 g/mol. The minimum Gasteiger partial charge on any atom is -0.393 e. The highest BCUT2D eigenvalue weighted by molar-refractivity contribution is 4.90. The highest BCUT2D eigenvalue weighted by Gasteiger charge is 2.39. The summed E-state index contributed by atoms with van der Waals surface area (Å²) >= 11 is 0. The first-order chi connectivity index (χ1) is 8.40. The highest BCUT2D eigenvalue weighted by atomic mass is 16.3. The van der Waals surface area contributed by atoms with Gasteiger partial charge in [0.2, 0.25) is 0 Å². The molecule has 0 heterocycles. The normalized spacial score (nSPS) is 50.8. The van der Waals surface area contributed by atoms with E-state index in [0.29, 0.717) is 17.8 Å². The first-order valence-corrected chi connectivity index (χ1v) is 7.80. The minimum atomic E-state index is -0.465. The van der Waals surface area contributed by atoms with Gasteiger partial charge < -0.3 is 10.2 Å². The monoisotopic (exact) mass is 254 g/mol. The van der Waals surface area contributed by atoms with Gasteiger partial charge in [-0.3, -0.25) is 0 Å². The van der Waals surface area contributed by atoms with Crippen LogP contribution in [0.15, 0.2) is 0 Å². The second-order valence-corrected chi connectivity index (χ2v) is 7.26. The van der Waals surface area contributed by atoms with E-state index in [4.69, 9.17) is 0 Å². The molecule has 6 atom stereocenters. The number of hydrogen-bond acceptors (Lipinski definition) is 2. The van der Waals surface area contributed by atoms with Gasteiger partial charge in [-0.25, -0.2) is 0 Å². The predicted octanol–water partition coefficient (Wildman–Crippen LogP) is 3.36. The fourth-order valence-electron chi connectivity index (χ4n) is 3.96. The van der Waals surface area contributed by atoms with Crippen LogP contribution < -0.4 is 0 Å². The Bertz CT molecular complexity index is 274. The van der Waals surface area contributed by atoms with Crippen LogP contribution >= 0.6 is 0 Å². The Hall–Kier alpha value is -0.0800. The Morgan fingerprint density at radius 2 is 1.67 bits per heavy atom. The summed E-state index contributed by atoms with van der Waals surface area (Å²) in [5, 5.41) is 20.4. The summed E-state index contributed by atoms with van der Waals surface area (Å²) in [5.74, 6) is 2.27. The molecule has 0 aromatic rings. The summed E-state index contributed by atoms with van der Waals surface area (Å²) in [6, 6.07) is 0. The van der Waals surface area contributed by atoms with Crippen molar-refractivity contribution in [2.24, 2.45) is 23.7 Å². The summed E-state index contributed by atoms with van der Waals surface area (Å²) in [6.45, 7) is 6.35. The molecule has 0 amide bonds. The van der Waals surface area contributed by atoms with Crippen LogP contribution in [-0.2, 0) is 0 Å². The summed E-state index contributed by atoms with van der Waals surface area (Å²) in [6.07, 6.45) is 7.82. The van der Waals surface area contributed by atoms with Crippen LogP contribution in [0.5, 0.6) is 0 Å². The van der Waals surface area contributed by atoms with E-state index in [1.54, 1.807) is 0 Å². The minimum absolute atomic E-state index is 0.102. The number of aliphatic hydroxyl groups excluding tert-OH is 1. The molecule has 2 saturated carbocycles. The lowest BCUT2D eigenvalue weighted by Gasteiger charge is -2.42. The van der Waals surface area contributed by atoms with Crippen LogP contribution in [0.1, 0.15) is 65.7 Å². The van der Waals surface area contributed by atoms with E-state index in [0.717, 1.165) is 31.6 Å². The second-order valence-electron chi connectivity index (χ2n) is 7.26. The molecule has 2 heteroatoms. The molecule has 2 N–H and O–H groups in total. The molecule has 2 nitrogen and oxygen atoms in total. The zero-order chi connectivity index (χ0) is 13.3. The van der Waals surface area contributed by atoms with Crippen LogP contribution in [0, 0.1) is 23.7 Å². The van der Waals surface area contributed by atoms with Crippen molar-refractivity contribution in [3.8, 4) is 0 Å². The summed E-state index contributed by atoms with van der Waals surface area (Å²) in [7, 11) is 0. The van der Waals surface area contributed by atoms with Crippen molar-refractivity contribution in [1.29, 1.82) is 0 Å². The van der Waals surface area contributed by atoms with Crippen molar-refractivity contribution in [2.45, 2.75) is 77.4 Å². The molecule has 0 aliphatic heterocycles. The number of aliphatic hydroxyl groups is 2. The fraction of sp³-hybridized carbons (Fsp3) is 1.00. The van der Waals surface area contributed by atoms with Gasteiger partial charge in [0.25, 0.3) is 0 Å². The Morgan fingerprint density at radius 1 is 1.00 bits per heavy atom. The fourth-order valence-corrected chi connectivity index (χ4v) is 3.96. The number of hydrogen-bond donors (Lipinski definition) is 2. The van der Waals surface area contributed by atoms with Crippen molar-refractivity contribution in [2.75, 3.05) is 0 Å². The van der Waals surface area contributed by atoms with Crippen LogP contribution in [0.2, 0.25) is 0 Å². The third kappa shape index (κ3) is 3.08. The van der Waals surface area contributed by atoms with Gasteiger partial charge in [-0.15, -0.1) is 0 Å². The van der Waals surface area contributed by atoms with Crippen LogP contribution in [0.4, 0.5) is 0 Å². The molecule has 2 fully saturated rings. The van der Waals surface area contributed by atoms with Crippen molar-refractivity contribution in [1.82, 2.24) is 0 Å². The Balaban J connectivity index is 1.96. The predicted molar refractivity (Wildman–Crippen MR) is 74.3 cm³/mol. The average Bonchev–Trinajstić information content (AvgIpc) is 2.46. The van der Waals surface area contributed by atoms with Gasteiger partial charge in [-0.05, 0) is 62.7 Å². The quantitative estimate of drug-likeness (QED) is 0.704. The molecular formula is C16H30O2. The zero-order valence-corrected chi connectivity index (χ0v) is 12.2. The van der Waals surface area contributed by atoms with E-state index >= 15 is 0 Å². The molecule has 2 rings (SSSR count). The first-order valence-electron chi connectivity index (χ1n) is 7.80. The maximum atomic E-state index is 10.3. The largest absolute Gasteiger partial charge is 0.393 e. The van der Waals surface area contributed by atoms with E-state index in [2.05, 4.69) is 13.8 Å². The lowest BCUT2D eigenvalue weighted by atomic mass is 9.67. The third-order valence-corrected chi connectivity index (χ3v) is 5.84. The molecule has 18 heavy (non-hydrogen) atoms. The molecule has 0 saturated heterocycles. The Morgan fingerprint density at radius 3 is 2.33 bits per heavy atom. The van der Waals surface area contributed by atoms with Crippen molar-refractivity contribution < 1.29 is 10.2 Å². The van der Waals surface area contributed by atoms with Crippen molar-refractivity contribution >= 4 is 0 Å². The van der Waals surface area contributed by atoms with Crippen LogP contribution in [-0.4, -0.2) is 21.9 Å². The van der Waals surface area contributed by atoms with Gasteiger partial charge in [0.1, 0.15) is 0 Å². The highest BCUT2D eigenvalue weighted by Crippen LogP contribution is 2.43. The summed E-state index contributed by atoms with van der Waals surface area (Å²) < 4.78 is 0. The Labute approximate surface area is 112 Å². The van der Waals surface area contributed by atoms with Crippen molar-refractivity contribution in [3.05, 3.63) is 0 Å². The van der Waals surface area contributed by atoms with Gasteiger partial charge in [0.15, 0.2) is 0 Å². The molecule has 0 radical (unpaired) electrons. The van der Waals surface area contributed by atoms with Gasteiger partial charge in [0.05, 0.1) is 11.7 Å². The molecule has 0 aromatic heterocycles. The Kier molecular flexibility index (Phi) is 4.38. The summed E-state index contributed by atoms with van der Waals surface area (Å²) in [4.78, 5) is 0. The average molecular weight is 254 g/mol. The number of rotatable bonds is 1. The van der Waals surface area contributed by atoms with Gasteiger partial charge in [-0.1, -0.05) is 26.7 Å².